The number of nitriles is 1. The van der Waals surface area contributed by atoms with E-state index in [-0.39, 0.29) is 18.6 Å². The van der Waals surface area contributed by atoms with E-state index in [9.17, 15) is 4.79 Å². The van der Waals surface area contributed by atoms with Crippen LogP contribution in [0.25, 0.3) is 0 Å². The van der Waals surface area contributed by atoms with Crippen LogP contribution >= 0.6 is 11.8 Å². The Morgan fingerprint density at radius 1 is 1.40 bits per heavy atom. The number of amides is 1. The van der Waals surface area contributed by atoms with Gasteiger partial charge in [-0.05, 0) is 36.6 Å². The van der Waals surface area contributed by atoms with Crippen molar-refractivity contribution in [2.45, 2.75) is 31.2 Å². The van der Waals surface area contributed by atoms with Crippen LogP contribution in [0.5, 0.6) is 0 Å². The lowest BCUT2D eigenvalue weighted by molar-refractivity contribution is -0.119. The van der Waals surface area contributed by atoms with Crippen LogP contribution in [0.3, 0.4) is 0 Å². The molecule has 0 aliphatic rings. The Morgan fingerprint density at radius 2 is 2.05 bits per heavy atom. The van der Waals surface area contributed by atoms with Crippen molar-refractivity contribution in [3.8, 4) is 6.07 Å². The van der Waals surface area contributed by atoms with Gasteiger partial charge in [0.2, 0.25) is 5.91 Å². The molecule has 0 bridgehead atoms. The molecule has 0 spiro atoms. The fourth-order valence-corrected chi connectivity index (χ4v) is 2.44. The summed E-state index contributed by atoms with van der Waals surface area (Å²) in [5, 5.41) is 20.6. The van der Waals surface area contributed by atoms with Gasteiger partial charge in [0.25, 0.3) is 0 Å². The Kier molecular flexibility index (Phi) is 7.13. The average Bonchev–Trinajstić information content (AvgIpc) is 2.45. The molecule has 108 valence electrons. The number of hydrogen-bond donors (Lipinski definition) is 2. The summed E-state index contributed by atoms with van der Waals surface area (Å²) < 4.78 is 0. The number of aliphatic hydroxyl groups excluding tert-OH is 1. The number of hydrogen-bond acceptors (Lipinski definition) is 4. The maximum atomic E-state index is 11.9. The van der Waals surface area contributed by atoms with Crippen molar-refractivity contribution >= 4 is 17.7 Å². The lowest BCUT2D eigenvalue weighted by Crippen LogP contribution is -2.40. The van der Waals surface area contributed by atoms with Gasteiger partial charge < -0.3 is 10.4 Å². The third-order valence-corrected chi connectivity index (χ3v) is 3.96. The van der Waals surface area contributed by atoms with Crippen LogP contribution in [0, 0.1) is 17.2 Å². The summed E-state index contributed by atoms with van der Waals surface area (Å²) in [6.07, 6.45) is 0.574. The zero-order valence-electron chi connectivity index (χ0n) is 11.8. The molecule has 1 atom stereocenters. The number of nitrogens with one attached hydrogen (secondary N) is 1. The highest BCUT2D eigenvalue weighted by Crippen LogP contribution is 2.18. The number of rotatable bonds is 7. The summed E-state index contributed by atoms with van der Waals surface area (Å²) in [5.74, 6) is 0.595. The van der Waals surface area contributed by atoms with Crippen LogP contribution in [0.15, 0.2) is 29.2 Å². The molecule has 20 heavy (non-hydrogen) atoms. The fraction of sp³-hybridized carbons (Fsp3) is 0.467. The normalized spacial score (nSPS) is 11.9. The van der Waals surface area contributed by atoms with Crippen LogP contribution in [0.4, 0.5) is 0 Å². The highest BCUT2D eigenvalue weighted by Gasteiger charge is 2.15. The zero-order chi connectivity index (χ0) is 15.0. The van der Waals surface area contributed by atoms with E-state index in [0.717, 1.165) is 4.90 Å². The van der Waals surface area contributed by atoms with E-state index in [0.29, 0.717) is 23.7 Å². The number of carbonyl (C=O) groups excluding carboxylic acids is 1. The van der Waals surface area contributed by atoms with Crippen LogP contribution < -0.4 is 5.32 Å². The highest BCUT2D eigenvalue weighted by molar-refractivity contribution is 8.00. The molecule has 0 aliphatic carbocycles. The minimum Gasteiger partial charge on any atom is -0.396 e. The smallest absolute Gasteiger partial charge is 0.230 e. The second kappa shape index (κ2) is 8.62. The fourth-order valence-electron chi connectivity index (χ4n) is 1.73. The molecule has 1 unspecified atom stereocenters. The van der Waals surface area contributed by atoms with Crippen molar-refractivity contribution < 1.29 is 9.90 Å². The maximum Gasteiger partial charge on any atom is 0.230 e. The van der Waals surface area contributed by atoms with Gasteiger partial charge in [0, 0.05) is 17.5 Å². The molecular weight excluding hydrogens is 272 g/mol. The molecule has 0 aliphatic heterocycles. The molecular formula is C15H20N2O2S. The second-order valence-corrected chi connectivity index (χ2v) is 5.90. The lowest BCUT2D eigenvalue weighted by atomic mass is 10.0. The topological polar surface area (TPSA) is 73.1 Å². The van der Waals surface area contributed by atoms with E-state index in [1.165, 1.54) is 11.8 Å². The number of nitrogens with zero attached hydrogens (tertiary/aromatic N) is 1. The van der Waals surface area contributed by atoms with Gasteiger partial charge in [-0.15, -0.1) is 11.8 Å². The predicted octanol–water partition coefficient (Wildman–Crippen LogP) is 2.17. The molecule has 0 aromatic heterocycles. The van der Waals surface area contributed by atoms with Crippen LogP contribution in [0.2, 0.25) is 0 Å². The minimum atomic E-state index is -0.0356. The molecule has 2 N–H and O–H groups in total. The first-order valence-corrected chi connectivity index (χ1v) is 7.58. The van der Waals surface area contributed by atoms with Gasteiger partial charge in [-0.1, -0.05) is 13.8 Å². The SMILES string of the molecule is CC(C)C(CCO)NC(=O)CSc1ccc(C#N)cc1. The van der Waals surface area contributed by atoms with Crippen LogP contribution in [-0.2, 0) is 4.79 Å². The quantitative estimate of drug-likeness (QED) is 0.755. The first kappa shape index (κ1) is 16.5. The zero-order valence-corrected chi connectivity index (χ0v) is 12.6. The molecule has 5 heteroatoms. The molecule has 0 saturated heterocycles. The summed E-state index contributed by atoms with van der Waals surface area (Å²) in [4.78, 5) is 12.8. The van der Waals surface area contributed by atoms with E-state index < -0.39 is 0 Å². The molecule has 0 radical (unpaired) electrons. The van der Waals surface area contributed by atoms with Gasteiger partial charge in [0.05, 0.1) is 17.4 Å². The third kappa shape index (κ3) is 5.64. The van der Waals surface area contributed by atoms with Crippen molar-refractivity contribution in [2.24, 2.45) is 5.92 Å². The molecule has 1 rings (SSSR count). The van der Waals surface area contributed by atoms with E-state index in [2.05, 4.69) is 11.4 Å². The van der Waals surface area contributed by atoms with Gasteiger partial charge >= 0.3 is 0 Å². The molecule has 1 aromatic carbocycles. The van der Waals surface area contributed by atoms with E-state index >= 15 is 0 Å². The highest BCUT2D eigenvalue weighted by atomic mass is 32.2. The van der Waals surface area contributed by atoms with Crippen molar-refractivity contribution in [3.05, 3.63) is 29.8 Å². The number of aliphatic hydroxyl groups is 1. The Labute approximate surface area is 124 Å². The number of benzene rings is 1. The van der Waals surface area contributed by atoms with Crippen molar-refractivity contribution in [2.75, 3.05) is 12.4 Å². The largest absolute Gasteiger partial charge is 0.396 e. The first-order valence-electron chi connectivity index (χ1n) is 6.60. The Hall–Kier alpha value is -1.51. The Morgan fingerprint density at radius 3 is 2.55 bits per heavy atom. The van der Waals surface area contributed by atoms with Crippen LogP contribution in [0.1, 0.15) is 25.8 Å². The van der Waals surface area contributed by atoms with Crippen LogP contribution in [-0.4, -0.2) is 29.4 Å². The first-order chi connectivity index (χ1) is 9.56. The maximum absolute atomic E-state index is 11.9. The third-order valence-electron chi connectivity index (χ3n) is 2.94. The average molecular weight is 292 g/mol. The van der Waals surface area contributed by atoms with Gasteiger partial charge in [0.1, 0.15) is 0 Å². The Bertz CT molecular complexity index is 466. The molecule has 4 nitrogen and oxygen atoms in total. The molecule has 1 amide bonds. The monoisotopic (exact) mass is 292 g/mol. The second-order valence-electron chi connectivity index (χ2n) is 4.86. The van der Waals surface area contributed by atoms with Gasteiger partial charge in [-0.2, -0.15) is 5.26 Å². The molecule has 1 aromatic rings. The Balaban J connectivity index is 2.44. The predicted molar refractivity (Wildman–Crippen MR) is 80.4 cm³/mol. The lowest BCUT2D eigenvalue weighted by Gasteiger charge is -2.21. The molecule has 0 fully saturated rings. The molecule has 0 saturated carbocycles. The molecule has 0 heterocycles. The summed E-state index contributed by atoms with van der Waals surface area (Å²) in [6.45, 7) is 4.12. The van der Waals surface area contributed by atoms with E-state index in [1.54, 1.807) is 12.1 Å². The van der Waals surface area contributed by atoms with Crippen molar-refractivity contribution in [1.82, 2.24) is 5.32 Å². The standard InChI is InChI=1S/C15H20N2O2S/c1-11(2)14(7-8-18)17-15(19)10-20-13-5-3-12(9-16)4-6-13/h3-6,11,14,18H,7-8,10H2,1-2H3,(H,17,19). The summed E-state index contributed by atoms with van der Waals surface area (Å²) in [5.41, 5.74) is 0.613. The van der Waals surface area contributed by atoms with Gasteiger partial charge in [-0.25, -0.2) is 0 Å². The minimum absolute atomic E-state index is 0.00839. The van der Waals surface area contributed by atoms with E-state index in [1.807, 2.05) is 26.0 Å². The van der Waals surface area contributed by atoms with Crippen molar-refractivity contribution in [3.63, 3.8) is 0 Å². The summed E-state index contributed by atoms with van der Waals surface area (Å²) in [7, 11) is 0. The van der Waals surface area contributed by atoms with E-state index in [4.69, 9.17) is 10.4 Å². The number of thioether (sulfide) groups is 1. The van der Waals surface area contributed by atoms with Gasteiger partial charge in [0.15, 0.2) is 0 Å². The number of carbonyl (C=O) groups is 1. The summed E-state index contributed by atoms with van der Waals surface area (Å²) >= 11 is 1.44. The summed E-state index contributed by atoms with van der Waals surface area (Å²) in [6, 6.07) is 9.22. The van der Waals surface area contributed by atoms with Gasteiger partial charge in [-0.3, -0.25) is 4.79 Å². The van der Waals surface area contributed by atoms with Crippen molar-refractivity contribution in [1.29, 1.82) is 5.26 Å².